The Morgan fingerprint density at radius 3 is 2.43 bits per heavy atom. The molecule has 1 atom stereocenters. The number of rotatable bonds is 7. The summed E-state index contributed by atoms with van der Waals surface area (Å²) < 4.78 is 1.15. The van der Waals surface area contributed by atoms with Gasteiger partial charge in [0, 0.05) is 35.3 Å². The van der Waals surface area contributed by atoms with E-state index in [9.17, 15) is 0 Å². The van der Waals surface area contributed by atoms with E-state index in [-0.39, 0.29) is 5.54 Å². The van der Waals surface area contributed by atoms with Gasteiger partial charge < -0.3 is 10.2 Å². The van der Waals surface area contributed by atoms with Crippen LogP contribution in [0.5, 0.6) is 0 Å². The lowest BCUT2D eigenvalue weighted by Gasteiger charge is -2.30. The molecule has 1 aromatic rings. The molecule has 1 rings (SSSR count). The maximum atomic E-state index is 3.62. The second-order valence-electron chi connectivity index (χ2n) is 6.93. The lowest BCUT2D eigenvalue weighted by Crippen LogP contribution is -2.36. The molecule has 0 heterocycles. The average molecular weight is 355 g/mol. The van der Waals surface area contributed by atoms with Gasteiger partial charge in [-0.1, -0.05) is 42.3 Å². The van der Waals surface area contributed by atoms with E-state index in [2.05, 4.69) is 85.9 Å². The van der Waals surface area contributed by atoms with Crippen molar-refractivity contribution in [2.24, 2.45) is 5.92 Å². The quantitative estimate of drug-likeness (QED) is 0.722. The molecule has 0 spiro atoms. The van der Waals surface area contributed by atoms with Crippen LogP contribution in [0.25, 0.3) is 0 Å². The van der Waals surface area contributed by atoms with E-state index < -0.39 is 0 Å². The number of benzene rings is 1. The Kier molecular flexibility index (Phi) is 7.22. The fourth-order valence-corrected chi connectivity index (χ4v) is 2.59. The minimum atomic E-state index is 0.137. The first-order valence-corrected chi connectivity index (χ1v) is 8.84. The van der Waals surface area contributed by atoms with E-state index in [1.165, 1.54) is 17.7 Å². The van der Waals surface area contributed by atoms with Gasteiger partial charge >= 0.3 is 0 Å². The molecule has 1 aromatic carbocycles. The first-order chi connectivity index (χ1) is 9.76. The summed E-state index contributed by atoms with van der Waals surface area (Å²) in [5, 5.41) is 3.60. The fourth-order valence-electron chi connectivity index (χ4n) is 2.24. The standard InChI is InChI=1S/C18H31BrN2/c1-7-14(3)13-21(8-2)17-11-16(19)10-9-15(17)12-20-18(4,5)6/h9-11,14,20H,7-8,12-13H2,1-6H3. The monoisotopic (exact) mass is 354 g/mol. The summed E-state index contributed by atoms with van der Waals surface area (Å²) in [5.74, 6) is 0.715. The summed E-state index contributed by atoms with van der Waals surface area (Å²) in [6, 6.07) is 6.63. The van der Waals surface area contributed by atoms with Crippen LogP contribution in [0, 0.1) is 5.92 Å². The summed E-state index contributed by atoms with van der Waals surface area (Å²) in [5.41, 5.74) is 2.86. The Hall–Kier alpha value is -0.540. The normalized spacial score (nSPS) is 13.3. The molecule has 0 aliphatic rings. The minimum Gasteiger partial charge on any atom is -0.371 e. The topological polar surface area (TPSA) is 15.3 Å². The van der Waals surface area contributed by atoms with E-state index in [4.69, 9.17) is 0 Å². The molecule has 21 heavy (non-hydrogen) atoms. The van der Waals surface area contributed by atoms with Crippen LogP contribution >= 0.6 is 15.9 Å². The molecule has 0 aromatic heterocycles. The number of halogens is 1. The molecular weight excluding hydrogens is 324 g/mol. The van der Waals surface area contributed by atoms with Gasteiger partial charge in [-0.3, -0.25) is 0 Å². The highest BCUT2D eigenvalue weighted by Crippen LogP contribution is 2.27. The van der Waals surface area contributed by atoms with Crippen molar-refractivity contribution in [1.29, 1.82) is 0 Å². The molecule has 1 N–H and O–H groups in total. The van der Waals surface area contributed by atoms with E-state index in [0.29, 0.717) is 5.92 Å². The summed E-state index contributed by atoms with van der Waals surface area (Å²) in [7, 11) is 0. The first kappa shape index (κ1) is 18.5. The van der Waals surface area contributed by atoms with E-state index >= 15 is 0 Å². The third-order valence-corrected chi connectivity index (χ3v) is 4.30. The fraction of sp³-hybridized carbons (Fsp3) is 0.667. The SMILES string of the molecule is CCC(C)CN(CC)c1cc(Br)ccc1CNC(C)(C)C. The van der Waals surface area contributed by atoms with Gasteiger partial charge in [-0.2, -0.15) is 0 Å². The lowest BCUT2D eigenvalue weighted by atomic mass is 10.1. The number of nitrogens with one attached hydrogen (secondary N) is 1. The zero-order valence-corrected chi connectivity index (χ0v) is 16.0. The third-order valence-electron chi connectivity index (χ3n) is 3.81. The Bertz CT molecular complexity index is 437. The molecule has 0 amide bonds. The number of anilines is 1. The molecule has 0 radical (unpaired) electrons. The van der Waals surface area contributed by atoms with Crippen molar-refractivity contribution >= 4 is 21.6 Å². The molecule has 2 nitrogen and oxygen atoms in total. The van der Waals surface area contributed by atoms with Gasteiger partial charge in [0.25, 0.3) is 0 Å². The van der Waals surface area contributed by atoms with E-state index in [1.807, 2.05) is 0 Å². The second kappa shape index (κ2) is 8.19. The highest BCUT2D eigenvalue weighted by Gasteiger charge is 2.15. The largest absolute Gasteiger partial charge is 0.371 e. The zero-order valence-electron chi connectivity index (χ0n) is 14.5. The van der Waals surface area contributed by atoms with Crippen LogP contribution in [0.3, 0.4) is 0 Å². The molecule has 1 unspecified atom stereocenters. The molecule has 0 saturated carbocycles. The smallest absolute Gasteiger partial charge is 0.0423 e. The van der Waals surface area contributed by atoms with Crippen LogP contribution < -0.4 is 10.2 Å². The van der Waals surface area contributed by atoms with Gasteiger partial charge in [-0.15, -0.1) is 0 Å². The van der Waals surface area contributed by atoms with Crippen LogP contribution in [-0.2, 0) is 6.54 Å². The highest BCUT2D eigenvalue weighted by atomic mass is 79.9. The average Bonchev–Trinajstić information content (AvgIpc) is 2.42. The van der Waals surface area contributed by atoms with Crippen molar-refractivity contribution in [2.75, 3.05) is 18.0 Å². The van der Waals surface area contributed by atoms with Crippen molar-refractivity contribution in [3.05, 3.63) is 28.2 Å². The maximum absolute atomic E-state index is 3.62. The van der Waals surface area contributed by atoms with E-state index in [0.717, 1.165) is 24.1 Å². The van der Waals surface area contributed by atoms with Crippen LogP contribution in [0.2, 0.25) is 0 Å². The van der Waals surface area contributed by atoms with Crippen molar-refractivity contribution in [3.8, 4) is 0 Å². The first-order valence-electron chi connectivity index (χ1n) is 8.05. The van der Waals surface area contributed by atoms with Crippen molar-refractivity contribution in [2.45, 2.75) is 60.0 Å². The predicted octanol–water partition coefficient (Wildman–Crippen LogP) is 5.21. The Morgan fingerprint density at radius 2 is 1.90 bits per heavy atom. The number of nitrogens with zero attached hydrogens (tertiary/aromatic N) is 1. The maximum Gasteiger partial charge on any atom is 0.0423 e. The van der Waals surface area contributed by atoms with Crippen molar-refractivity contribution in [1.82, 2.24) is 5.32 Å². The Labute approximate surface area is 139 Å². The summed E-state index contributed by atoms with van der Waals surface area (Å²) in [4.78, 5) is 2.50. The summed E-state index contributed by atoms with van der Waals surface area (Å²) in [6.07, 6.45) is 1.22. The molecule has 0 fully saturated rings. The summed E-state index contributed by atoms with van der Waals surface area (Å²) in [6.45, 7) is 16.5. The highest BCUT2D eigenvalue weighted by molar-refractivity contribution is 9.10. The lowest BCUT2D eigenvalue weighted by molar-refractivity contribution is 0.424. The van der Waals surface area contributed by atoms with Crippen molar-refractivity contribution in [3.63, 3.8) is 0 Å². The van der Waals surface area contributed by atoms with Gasteiger partial charge in [0.05, 0.1) is 0 Å². The summed E-state index contributed by atoms with van der Waals surface area (Å²) >= 11 is 3.62. The van der Waals surface area contributed by atoms with E-state index in [1.54, 1.807) is 0 Å². The van der Waals surface area contributed by atoms with Crippen LogP contribution in [0.1, 0.15) is 53.5 Å². The van der Waals surface area contributed by atoms with Gasteiger partial charge in [0.2, 0.25) is 0 Å². The molecular formula is C18H31BrN2. The minimum absolute atomic E-state index is 0.137. The predicted molar refractivity (Wildman–Crippen MR) is 98.1 cm³/mol. The molecule has 0 aliphatic heterocycles. The Balaban J connectivity index is 2.98. The van der Waals surface area contributed by atoms with Gasteiger partial charge in [0.1, 0.15) is 0 Å². The number of hydrogen-bond donors (Lipinski definition) is 1. The van der Waals surface area contributed by atoms with Crippen LogP contribution in [0.15, 0.2) is 22.7 Å². The van der Waals surface area contributed by atoms with Crippen molar-refractivity contribution < 1.29 is 0 Å². The van der Waals surface area contributed by atoms with Crippen LogP contribution in [0.4, 0.5) is 5.69 Å². The molecule has 0 bridgehead atoms. The Morgan fingerprint density at radius 1 is 1.24 bits per heavy atom. The van der Waals surface area contributed by atoms with Gasteiger partial charge in [0.15, 0.2) is 0 Å². The number of hydrogen-bond acceptors (Lipinski definition) is 2. The molecule has 120 valence electrons. The second-order valence-corrected chi connectivity index (χ2v) is 7.84. The van der Waals surface area contributed by atoms with Gasteiger partial charge in [-0.25, -0.2) is 0 Å². The van der Waals surface area contributed by atoms with Gasteiger partial charge in [-0.05, 0) is 51.3 Å². The molecule has 0 aliphatic carbocycles. The third kappa shape index (κ3) is 6.39. The molecule has 3 heteroatoms. The zero-order chi connectivity index (χ0) is 16.0. The molecule has 0 saturated heterocycles. The van der Waals surface area contributed by atoms with Crippen LogP contribution in [-0.4, -0.2) is 18.6 Å².